The molecule has 3 aliphatic rings. The van der Waals surface area contributed by atoms with Crippen LogP contribution in [0.3, 0.4) is 0 Å². The lowest BCUT2D eigenvalue weighted by molar-refractivity contribution is 0.376. The van der Waals surface area contributed by atoms with Crippen LogP contribution in [0.5, 0.6) is 0 Å². The van der Waals surface area contributed by atoms with Crippen molar-refractivity contribution in [2.75, 3.05) is 31.1 Å². The van der Waals surface area contributed by atoms with Crippen LogP contribution < -0.4 is 10.2 Å². The van der Waals surface area contributed by atoms with E-state index < -0.39 is 0 Å². The van der Waals surface area contributed by atoms with Crippen molar-refractivity contribution in [1.29, 1.82) is 0 Å². The van der Waals surface area contributed by atoms with E-state index in [1.165, 1.54) is 57.5 Å². The van der Waals surface area contributed by atoms with Crippen LogP contribution in [-0.4, -0.2) is 26.2 Å². The van der Waals surface area contributed by atoms with Crippen LogP contribution in [0.15, 0.2) is 24.3 Å². The first-order chi connectivity index (χ1) is 8.87. The van der Waals surface area contributed by atoms with Crippen molar-refractivity contribution in [3.05, 3.63) is 29.8 Å². The van der Waals surface area contributed by atoms with Crippen LogP contribution in [0.2, 0.25) is 0 Å². The van der Waals surface area contributed by atoms with E-state index in [1.807, 2.05) is 0 Å². The summed E-state index contributed by atoms with van der Waals surface area (Å²) in [5, 5.41) is 3.54. The zero-order chi connectivity index (χ0) is 12.0. The van der Waals surface area contributed by atoms with Gasteiger partial charge in [0.1, 0.15) is 0 Å². The molecule has 0 radical (unpaired) electrons. The first kappa shape index (κ1) is 10.9. The number of para-hydroxylation sites is 1. The first-order valence-electron chi connectivity index (χ1n) is 7.43. The maximum absolute atomic E-state index is 3.54. The fourth-order valence-corrected chi connectivity index (χ4v) is 3.87. The third kappa shape index (κ3) is 1.66. The van der Waals surface area contributed by atoms with Crippen LogP contribution in [0.1, 0.15) is 31.2 Å². The summed E-state index contributed by atoms with van der Waals surface area (Å²) in [6.07, 6.45) is 5.57. The molecule has 1 saturated heterocycles. The SMILES string of the molecule is c1ccc2c(c1)N(CC1CCCNC1)CC21CC1. The predicted molar refractivity (Wildman–Crippen MR) is 75.2 cm³/mol. The van der Waals surface area contributed by atoms with Crippen LogP contribution in [0.4, 0.5) is 5.69 Å². The number of piperidine rings is 1. The van der Waals surface area contributed by atoms with Gasteiger partial charge in [-0.1, -0.05) is 18.2 Å². The summed E-state index contributed by atoms with van der Waals surface area (Å²) in [4.78, 5) is 2.67. The third-order valence-electron chi connectivity index (χ3n) is 5.04. The van der Waals surface area contributed by atoms with Crippen molar-refractivity contribution >= 4 is 5.69 Å². The first-order valence-corrected chi connectivity index (χ1v) is 7.43. The second kappa shape index (κ2) is 3.99. The zero-order valence-corrected chi connectivity index (χ0v) is 11.0. The molecule has 4 rings (SSSR count). The molecule has 1 aromatic rings. The van der Waals surface area contributed by atoms with E-state index in [-0.39, 0.29) is 0 Å². The molecular weight excluding hydrogens is 220 g/mol. The van der Waals surface area contributed by atoms with Crippen molar-refractivity contribution in [1.82, 2.24) is 5.32 Å². The third-order valence-corrected chi connectivity index (χ3v) is 5.04. The molecule has 2 aliphatic heterocycles. The van der Waals surface area contributed by atoms with Gasteiger partial charge in [0.2, 0.25) is 0 Å². The van der Waals surface area contributed by atoms with Crippen LogP contribution >= 0.6 is 0 Å². The highest BCUT2D eigenvalue weighted by molar-refractivity contribution is 5.64. The number of hydrogen-bond donors (Lipinski definition) is 1. The van der Waals surface area contributed by atoms with Crippen molar-refractivity contribution < 1.29 is 0 Å². The van der Waals surface area contributed by atoms with E-state index in [1.54, 1.807) is 5.56 Å². The lowest BCUT2D eigenvalue weighted by Crippen LogP contribution is -2.38. The Morgan fingerprint density at radius 1 is 1.28 bits per heavy atom. The fourth-order valence-electron chi connectivity index (χ4n) is 3.87. The molecule has 1 saturated carbocycles. The molecule has 1 aliphatic carbocycles. The quantitative estimate of drug-likeness (QED) is 0.857. The molecule has 1 spiro atoms. The van der Waals surface area contributed by atoms with Gasteiger partial charge in [-0.2, -0.15) is 0 Å². The normalized spacial score (nSPS) is 28.4. The highest BCUT2D eigenvalue weighted by Gasteiger charge is 2.51. The number of rotatable bonds is 2. The summed E-state index contributed by atoms with van der Waals surface area (Å²) in [7, 11) is 0. The molecule has 1 N–H and O–H groups in total. The van der Waals surface area contributed by atoms with Crippen LogP contribution in [0, 0.1) is 5.92 Å². The van der Waals surface area contributed by atoms with E-state index in [2.05, 4.69) is 34.5 Å². The van der Waals surface area contributed by atoms with E-state index in [0.717, 1.165) is 5.92 Å². The summed E-state index contributed by atoms with van der Waals surface area (Å²) in [6, 6.07) is 9.11. The van der Waals surface area contributed by atoms with Gasteiger partial charge in [-0.3, -0.25) is 0 Å². The summed E-state index contributed by atoms with van der Waals surface area (Å²) < 4.78 is 0. The van der Waals surface area contributed by atoms with E-state index in [0.29, 0.717) is 5.41 Å². The molecule has 2 fully saturated rings. The Balaban J connectivity index is 1.56. The Labute approximate surface area is 109 Å². The average Bonchev–Trinajstić information content (AvgIpc) is 3.13. The Bertz CT molecular complexity index is 444. The number of fused-ring (bicyclic) bond motifs is 2. The Hall–Kier alpha value is -1.02. The maximum Gasteiger partial charge on any atom is 0.0405 e. The van der Waals surface area contributed by atoms with E-state index in [9.17, 15) is 0 Å². The molecular formula is C16H22N2. The summed E-state index contributed by atoms with van der Waals surface area (Å²) >= 11 is 0. The lowest BCUT2D eigenvalue weighted by Gasteiger charge is -2.29. The number of hydrogen-bond acceptors (Lipinski definition) is 2. The second-order valence-corrected chi connectivity index (χ2v) is 6.39. The van der Waals surface area contributed by atoms with Gasteiger partial charge in [-0.25, -0.2) is 0 Å². The number of nitrogens with zero attached hydrogens (tertiary/aromatic N) is 1. The van der Waals surface area contributed by atoms with Crippen LogP contribution in [-0.2, 0) is 5.41 Å². The van der Waals surface area contributed by atoms with Crippen LogP contribution in [0.25, 0.3) is 0 Å². The van der Waals surface area contributed by atoms with Crippen molar-refractivity contribution in [3.63, 3.8) is 0 Å². The predicted octanol–water partition coefficient (Wildman–Crippen LogP) is 2.54. The van der Waals surface area contributed by atoms with Gasteiger partial charge in [-0.05, 0) is 56.3 Å². The van der Waals surface area contributed by atoms with Gasteiger partial charge in [-0.15, -0.1) is 0 Å². The molecule has 2 heteroatoms. The molecule has 0 bridgehead atoms. The standard InChI is InChI=1S/C16H22N2/c1-2-6-15-14(5-1)16(7-8-16)12-18(15)11-13-4-3-9-17-10-13/h1-2,5-6,13,17H,3-4,7-12H2. The van der Waals surface area contributed by atoms with Gasteiger partial charge >= 0.3 is 0 Å². The van der Waals surface area contributed by atoms with Gasteiger partial charge in [0, 0.05) is 24.2 Å². The Morgan fingerprint density at radius 2 is 2.17 bits per heavy atom. The van der Waals surface area contributed by atoms with E-state index in [4.69, 9.17) is 0 Å². The monoisotopic (exact) mass is 242 g/mol. The van der Waals surface area contributed by atoms with Gasteiger partial charge in [0.05, 0.1) is 0 Å². The molecule has 1 aromatic carbocycles. The topological polar surface area (TPSA) is 15.3 Å². The minimum atomic E-state index is 0.554. The summed E-state index contributed by atoms with van der Waals surface area (Å²) in [6.45, 7) is 4.97. The molecule has 0 amide bonds. The lowest BCUT2D eigenvalue weighted by atomic mass is 9.99. The number of anilines is 1. The molecule has 18 heavy (non-hydrogen) atoms. The maximum atomic E-state index is 3.54. The minimum absolute atomic E-state index is 0.554. The van der Waals surface area contributed by atoms with Gasteiger partial charge < -0.3 is 10.2 Å². The van der Waals surface area contributed by atoms with Gasteiger partial charge in [0.15, 0.2) is 0 Å². The second-order valence-electron chi connectivity index (χ2n) is 6.39. The zero-order valence-electron chi connectivity index (χ0n) is 11.0. The van der Waals surface area contributed by atoms with E-state index >= 15 is 0 Å². The molecule has 2 heterocycles. The highest BCUT2D eigenvalue weighted by atomic mass is 15.2. The number of nitrogens with one attached hydrogen (secondary N) is 1. The molecule has 1 unspecified atom stereocenters. The largest absolute Gasteiger partial charge is 0.370 e. The van der Waals surface area contributed by atoms with Crippen molar-refractivity contribution in [3.8, 4) is 0 Å². The molecule has 0 aromatic heterocycles. The number of benzene rings is 1. The Kier molecular flexibility index (Phi) is 2.41. The smallest absolute Gasteiger partial charge is 0.0405 e. The highest BCUT2D eigenvalue weighted by Crippen LogP contribution is 2.56. The van der Waals surface area contributed by atoms with Crippen molar-refractivity contribution in [2.45, 2.75) is 31.1 Å². The molecule has 96 valence electrons. The molecule has 1 atom stereocenters. The summed E-state index contributed by atoms with van der Waals surface area (Å²) in [5.41, 5.74) is 3.72. The summed E-state index contributed by atoms with van der Waals surface area (Å²) in [5.74, 6) is 0.848. The molecule has 2 nitrogen and oxygen atoms in total. The Morgan fingerprint density at radius 3 is 2.94 bits per heavy atom. The van der Waals surface area contributed by atoms with Gasteiger partial charge in [0.25, 0.3) is 0 Å². The fraction of sp³-hybridized carbons (Fsp3) is 0.625. The average molecular weight is 242 g/mol. The van der Waals surface area contributed by atoms with Crippen molar-refractivity contribution in [2.24, 2.45) is 5.92 Å². The minimum Gasteiger partial charge on any atom is -0.370 e.